The highest BCUT2D eigenvalue weighted by Crippen LogP contribution is 2.28. The first-order chi connectivity index (χ1) is 6.18. The first kappa shape index (κ1) is 8.44. The summed E-state index contributed by atoms with van der Waals surface area (Å²) in [7, 11) is 0. The molecule has 0 fully saturated rings. The van der Waals surface area contributed by atoms with Gasteiger partial charge in [0.2, 0.25) is 5.95 Å². The zero-order valence-electron chi connectivity index (χ0n) is 7.75. The molecule has 0 aromatic carbocycles. The number of hydrogen-bond acceptors (Lipinski definition) is 4. The molecule has 1 aromatic heterocycles. The quantitative estimate of drug-likeness (QED) is 0.613. The molecule has 4 heteroatoms. The zero-order chi connectivity index (χ0) is 9.42. The molecule has 1 unspecified atom stereocenters. The van der Waals surface area contributed by atoms with Gasteiger partial charge in [-0.1, -0.05) is 0 Å². The molecule has 0 radical (unpaired) electrons. The summed E-state index contributed by atoms with van der Waals surface area (Å²) in [5, 5.41) is 0. The molecule has 0 amide bonds. The lowest BCUT2D eigenvalue weighted by atomic mass is 9.91. The molecule has 0 spiro atoms. The van der Waals surface area contributed by atoms with Crippen LogP contribution in [0.5, 0.6) is 0 Å². The van der Waals surface area contributed by atoms with Gasteiger partial charge in [-0.2, -0.15) is 0 Å². The number of anilines is 1. The van der Waals surface area contributed by atoms with E-state index in [0.717, 1.165) is 36.2 Å². The van der Waals surface area contributed by atoms with E-state index < -0.39 is 0 Å². The molecule has 1 heterocycles. The standard InChI is InChI=1S/C9H14N4/c1-5-8-6(10)3-2-4-7(8)13-9(11)12-5/h6H,2-4,10H2,1H3,(H2,11,12,13). The van der Waals surface area contributed by atoms with Gasteiger partial charge in [0.15, 0.2) is 0 Å². The van der Waals surface area contributed by atoms with Crippen LogP contribution < -0.4 is 11.5 Å². The first-order valence-electron chi connectivity index (χ1n) is 4.57. The second kappa shape index (κ2) is 2.96. The smallest absolute Gasteiger partial charge is 0.220 e. The van der Waals surface area contributed by atoms with Crippen molar-refractivity contribution in [2.24, 2.45) is 5.73 Å². The molecular weight excluding hydrogens is 164 g/mol. The van der Waals surface area contributed by atoms with Crippen LogP contribution in [0.4, 0.5) is 5.95 Å². The van der Waals surface area contributed by atoms with Crippen LogP contribution in [0.3, 0.4) is 0 Å². The van der Waals surface area contributed by atoms with Crippen molar-refractivity contribution in [3.05, 3.63) is 17.0 Å². The first-order valence-corrected chi connectivity index (χ1v) is 4.57. The second-order valence-corrected chi connectivity index (χ2v) is 3.53. The maximum Gasteiger partial charge on any atom is 0.220 e. The molecule has 0 saturated heterocycles. The molecular formula is C9H14N4. The third-order valence-electron chi connectivity index (χ3n) is 2.53. The summed E-state index contributed by atoms with van der Waals surface area (Å²) in [4.78, 5) is 8.34. The SMILES string of the molecule is Cc1nc(N)nc2c1C(N)CCC2. The van der Waals surface area contributed by atoms with Gasteiger partial charge < -0.3 is 11.5 Å². The maximum atomic E-state index is 5.98. The maximum absolute atomic E-state index is 5.98. The van der Waals surface area contributed by atoms with E-state index in [1.165, 1.54) is 0 Å². The molecule has 1 atom stereocenters. The van der Waals surface area contributed by atoms with Crippen LogP contribution in [-0.2, 0) is 6.42 Å². The lowest BCUT2D eigenvalue weighted by molar-refractivity contribution is 0.553. The summed E-state index contributed by atoms with van der Waals surface area (Å²) < 4.78 is 0. The Kier molecular flexibility index (Phi) is 1.92. The van der Waals surface area contributed by atoms with E-state index >= 15 is 0 Å². The summed E-state index contributed by atoms with van der Waals surface area (Å²) in [5.74, 6) is 0.366. The van der Waals surface area contributed by atoms with Gasteiger partial charge in [0.05, 0.1) is 5.69 Å². The molecule has 1 aromatic rings. The fraction of sp³-hybridized carbons (Fsp3) is 0.556. The number of rotatable bonds is 0. The van der Waals surface area contributed by atoms with Crippen LogP contribution >= 0.6 is 0 Å². The molecule has 2 rings (SSSR count). The third kappa shape index (κ3) is 1.37. The van der Waals surface area contributed by atoms with E-state index in [-0.39, 0.29) is 6.04 Å². The molecule has 13 heavy (non-hydrogen) atoms. The lowest BCUT2D eigenvalue weighted by Gasteiger charge is -2.22. The van der Waals surface area contributed by atoms with Crippen molar-refractivity contribution in [1.29, 1.82) is 0 Å². The largest absolute Gasteiger partial charge is 0.368 e. The Balaban J connectivity index is 2.56. The average molecular weight is 178 g/mol. The lowest BCUT2D eigenvalue weighted by Crippen LogP contribution is -2.21. The Morgan fingerprint density at radius 3 is 2.92 bits per heavy atom. The number of nitrogens with zero attached hydrogens (tertiary/aromatic N) is 2. The summed E-state index contributed by atoms with van der Waals surface area (Å²) in [6.45, 7) is 1.95. The van der Waals surface area contributed by atoms with E-state index in [1.54, 1.807) is 0 Å². The fourth-order valence-electron chi connectivity index (χ4n) is 1.97. The highest BCUT2D eigenvalue weighted by atomic mass is 15.0. The van der Waals surface area contributed by atoms with Gasteiger partial charge in [-0.05, 0) is 26.2 Å². The highest BCUT2D eigenvalue weighted by molar-refractivity contribution is 5.35. The van der Waals surface area contributed by atoms with Gasteiger partial charge in [-0.25, -0.2) is 9.97 Å². The minimum atomic E-state index is 0.101. The summed E-state index contributed by atoms with van der Waals surface area (Å²) in [6.07, 6.45) is 3.11. The van der Waals surface area contributed by atoms with E-state index in [9.17, 15) is 0 Å². The topological polar surface area (TPSA) is 77.8 Å². The van der Waals surface area contributed by atoms with Gasteiger partial charge in [-0.3, -0.25) is 0 Å². The molecule has 70 valence electrons. The minimum absolute atomic E-state index is 0.101. The van der Waals surface area contributed by atoms with Crippen LogP contribution in [0.25, 0.3) is 0 Å². The van der Waals surface area contributed by atoms with Gasteiger partial charge in [0.1, 0.15) is 0 Å². The predicted molar refractivity (Wildman–Crippen MR) is 51.0 cm³/mol. The highest BCUT2D eigenvalue weighted by Gasteiger charge is 2.21. The van der Waals surface area contributed by atoms with Crippen LogP contribution in [0.15, 0.2) is 0 Å². The van der Waals surface area contributed by atoms with Crippen molar-refractivity contribution in [3.8, 4) is 0 Å². The number of nitrogens with two attached hydrogens (primary N) is 2. The summed E-state index contributed by atoms with van der Waals surface area (Å²) in [6, 6.07) is 0.101. The van der Waals surface area contributed by atoms with Gasteiger partial charge >= 0.3 is 0 Å². The Bertz CT molecular complexity index is 335. The Morgan fingerprint density at radius 1 is 1.38 bits per heavy atom. The molecule has 0 bridgehead atoms. The molecule has 4 nitrogen and oxygen atoms in total. The van der Waals surface area contributed by atoms with Gasteiger partial charge in [-0.15, -0.1) is 0 Å². The summed E-state index contributed by atoms with van der Waals surface area (Å²) in [5.41, 5.74) is 14.6. The van der Waals surface area contributed by atoms with Crippen molar-refractivity contribution < 1.29 is 0 Å². The molecule has 1 aliphatic rings. The molecule has 4 N–H and O–H groups in total. The van der Waals surface area contributed by atoms with E-state index in [4.69, 9.17) is 11.5 Å². The Hall–Kier alpha value is -1.16. The van der Waals surface area contributed by atoms with Crippen LogP contribution in [0.1, 0.15) is 35.8 Å². The number of hydrogen-bond donors (Lipinski definition) is 2. The fourth-order valence-corrected chi connectivity index (χ4v) is 1.97. The number of fused-ring (bicyclic) bond motifs is 1. The molecule has 1 aliphatic carbocycles. The van der Waals surface area contributed by atoms with Crippen LogP contribution in [-0.4, -0.2) is 9.97 Å². The minimum Gasteiger partial charge on any atom is -0.368 e. The van der Waals surface area contributed by atoms with Crippen LogP contribution in [0.2, 0.25) is 0 Å². The second-order valence-electron chi connectivity index (χ2n) is 3.53. The Labute approximate surface area is 77.4 Å². The van der Waals surface area contributed by atoms with E-state index in [0.29, 0.717) is 5.95 Å². The predicted octanol–water partition coefficient (Wildman–Crippen LogP) is 0.703. The normalized spacial score (nSPS) is 21.2. The van der Waals surface area contributed by atoms with Crippen molar-refractivity contribution in [3.63, 3.8) is 0 Å². The number of aromatic nitrogens is 2. The Morgan fingerprint density at radius 2 is 2.15 bits per heavy atom. The van der Waals surface area contributed by atoms with Crippen molar-refractivity contribution in [2.75, 3.05) is 5.73 Å². The van der Waals surface area contributed by atoms with Crippen LogP contribution in [0, 0.1) is 6.92 Å². The van der Waals surface area contributed by atoms with Crippen molar-refractivity contribution in [1.82, 2.24) is 9.97 Å². The van der Waals surface area contributed by atoms with Crippen molar-refractivity contribution >= 4 is 5.95 Å². The average Bonchev–Trinajstić information content (AvgIpc) is 2.02. The molecule has 0 aliphatic heterocycles. The van der Waals surface area contributed by atoms with E-state index in [2.05, 4.69) is 9.97 Å². The van der Waals surface area contributed by atoms with Crippen molar-refractivity contribution in [2.45, 2.75) is 32.2 Å². The van der Waals surface area contributed by atoms with E-state index in [1.807, 2.05) is 6.92 Å². The van der Waals surface area contributed by atoms with Gasteiger partial charge in [0.25, 0.3) is 0 Å². The number of nitrogen functional groups attached to an aromatic ring is 1. The van der Waals surface area contributed by atoms with Gasteiger partial charge in [0, 0.05) is 17.3 Å². The molecule has 0 saturated carbocycles. The summed E-state index contributed by atoms with van der Waals surface area (Å²) >= 11 is 0. The third-order valence-corrected chi connectivity index (χ3v) is 2.53. The zero-order valence-corrected chi connectivity index (χ0v) is 7.75. The monoisotopic (exact) mass is 178 g/mol. The number of aryl methyl sites for hydroxylation is 2.